The summed E-state index contributed by atoms with van der Waals surface area (Å²) >= 11 is 24.4. The SMILES string of the molecule is Clc1ccc(COc2c(Cl)cc(Cl)cc2/C=N/n2cnnc2)c(Cl)c1. The normalized spacial score (nSPS) is 11.2. The van der Waals surface area contributed by atoms with Crippen LogP contribution in [-0.4, -0.2) is 21.1 Å². The van der Waals surface area contributed by atoms with Crippen molar-refractivity contribution in [3.63, 3.8) is 0 Å². The molecular weight excluding hydrogens is 406 g/mol. The Hall–Kier alpha value is -1.79. The van der Waals surface area contributed by atoms with Gasteiger partial charge < -0.3 is 4.74 Å². The van der Waals surface area contributed by atoms with E-state index in [1.54, 1.807) is 36.5 Å². The maximum Gasteiger partial charge on any atom is 0.147 e. The number of rotatable bonds is 5. The third-order valence-electron chi connectivity index (χ3n) is 3.16. The van der Waals surface area contributed by atoms with Crippen LogP contribution in [0.5, 0.6) is 5.75 Å². The third kappa shape index (κ3) is 4.64. The van der Waals surface area contributed by atoms with Crippen LogP contribution in [0.3, 0.4) is 0 Å². The molecule has 0 unspecified atom stereocenters. The maximum atomic E-state index is 6.27. The van der Waals surface area contributed by atoms with Gasteiger partial charge >= 0.3 is 0 Å². The first-order chi connectivity index (χ1) is 12.0. The smallest absolute Gasteiger partial charge is 0.147 e. The molecule has 3 aromatic rings. The zero-order chi connectivity index (χ0) is 17.8. The van der Waals surface area contributed by atoms with Gasteiger partial charge in [-0.05, 0) is 24.3 Å². The van der Waals surface area contributed by atoms with E-state index in [4.69, 9.17) is 51.1 Å². The summed E-state index contributed by atoms with van der Waals surface area (Å²) in [5.74, 6) is 0.439. The Morgan fingerprint density at radius 2 is 1.68 bits per heavy atom. The van der Waals surface area contributed by atoms with E-state index in [0.717, 1.165) is 5.56 Å². The van der Waals surface area contributed by atoms with Crippen molar-refractivity contribution in [2.75, 3.05) is 0 Å². The first-order valence-electron chi connectivity index (χ1n) is 6.97. The highest BCUT2D eigenvalue weighted by Gasteiger charge is 2.11. The summed E-state index contributed by atoms with van der Waals surface area (Å²) in [5.41, 5.74) is 1.38. The van der Waals surface area contributed by atoms with Crippen LogP contribution in [-0.2, 0) is 6.61 Å². The number of hydrogen-bond donors (Lipinski definition) is 0. The molecule has 0 radical (unpaired) electrons. The summed E-state index contributed by atoms with van der Waals surface area (Å²) in [7, 11) is 0. The highest BCUT2D eigenvalue weighted by atomic mass is 35.5. The summed E-state index contributed by atoms with van der Waals surface area (Å²) in [6, 6.07) is 8.47. The van der Waals surface area contributed by atoms with Crippen molar-refractivity contribution in [1.82, 2.24) is 14.9 Å². The molecule has 0 amide bonds. The largest absolute Gasteiger partial charge is 0.487 e. The fourth-order valence-electron chi connectivity index (χ4n) is 2.00. The van der Waals surface area contributed by atoms with Crippen molar-refractivity contribution in [3.8, 4) is 5.75 Å². The zero-order valence-electron chi connectivity index (χ0n) is 12.5. The molecule has 5 nitrogen and oxygen atoms in total. The summed E-state index contributed by atoms with van der Waals surface area (Å²) < 4.78 is 7.29. The molecule has 1 aromatic heterocycles. The van der Waals surface area contributed by atoms with E-state index in [1.807, 2.05) is 0 Å². The fraction of sp³-hybridized carbons (Fsp3) is 0.0625. The molecule has 0 aliphatic carbocycles. The predicted octanol–water partition coefficient (Wildman–Crippen LogP) is 5.35. The lowest BCUT2D eigenvalue weighted by Crippen LogP contribution is -2.00. The Labute approximate surface area is 163 Å². The second-order valence-electron chi connectivity index (χ2n) is 4.92. The van der Waals surface area contributed by atoms with Crippen molar-refractivity contribution in [2.45, 2.75) is 6.61 Å². The van der Waals surface area contributed by atoms with E-state index in [0.29, 0.717) is 31.4 Å². The molecule has 9 heteroatoms. The maximum absolute atomic E-state index is 6.27. The molecule has 1 heterocycles. The van der Waals surface area contributed by atoms with Crippen LogP contribution in [0.4, 0.5) is 0 Å². The Kier molecular flexibility index (Phi) is 5.81. The summed E-state index contributed by atoms with van der Waals surface area (Å²) in [6.45, 7) is 0.213. The molecule has 0 atom stereocenters. The van der Waals surface area contributed by atoms with Gasteiger partial charge in [0.2, 0.25) is 0 Å². The fourth-order valence-corrected chi connectivity index (χ4v) is 3.03. The quantitative estimate of drug-likeness (QED) is 0.527. The highest BCUT2D eigenvalue weighted by molar-refractivity contribution is 6.36. The van der Waals surface area contributed by atoms with E-state index in [2.05, 4.69) is 15.3 Å². The van der Waals surface area contributed by atoms with E-state index < -0.39 is 0 Å². The molecule has 0 fully saturated rings. The molecule has 0 N–H and O–H groups in total. The standard InChI is InChI=1S/C16H10Cl4N4O/c17-12-2-1-10(14(19)4-12)7-25-16-11(3-13(18)5-15(16)20)6-23-24-8-21-22-9-24/h1-6,8-9H,7H2/b23-6+. The minimum absolute atomic E-state index is 0.213. The number of nitrogens with zero attached hydrogens (tertiary/aromatic N) is 4. The highest BCUT2D eigenvalue weighted by Crippen LogP contribution is 2.33. The van der Waals surface area contributed by atoms with Crippen molar-refractivity contribution in [3.05, 3.63) is 74.2 Å². The average Bonchev–Trinajstić information content (AvgIpc) is 3.07. The van der Waals surface area contributed by atoms with E-state index in [1.165, 1.54) is 17.3 Å². The van der Waals surface area contributed by atoms with Gasteiger partial charge in [0.25, 0.3) is 0 Å². The van der Waals surface area contributed by atoms with E-state index in [9.17, 15) is 0 Å². The van der Waals surface area contributed by atoms with Crippen molar-refractivity contribution < 1.29 is 4.74 Å². The first-order valence-corrected chi connectivity index (χ1v) is 8.49. The van der Waals surface area contributed by atoms with Crippen molar-refractivity contribution in [1.29, 1.82) is 0 Å². The number of benzene rings is 2. The molecule has 0 aliphatic rings. The Balaban J connectivity index is 1.87. The Morgan fingerprint density at radius 1 is 0.960 bits per heavy atom. The van der Waals surface area contributed by atoms with Gasteiger partial charge in [-0.1, -0.05) is 52.5 Å². The van der Waals surface area contributed by atoms with Gasteiger partial charge in [-0.25, -0.2) is 4.68 Å². The van der Waals surface area contributed by atoms with Crippen LogP contribution in [0.1, 0.15) is 11.1 Å². The lowest BCUT2D eigenvalue weighted by Gasteiger charge is -2.12. The Bertz CT molecular complexity index is 913. The molecule has 128 valence electrons. The van der Waals surface area contributed by atoms with Crippen LogP contribution < -0.4 is 4.74 Å². The topological polar surface area (TPSA) is 52.3 Å². The Morgan fingerprint density at radius 3 is 2.40 bits per heavy atom. The van der Waals surface area contributed by atoms with Crippen LogP contribution >= 0.6 is 46.4 Å². The molecule has 2 aromatic carbocycles. The van der Waals surface area contributed by atoms with Gasteiger partial charge in [0.05, 0.1) is 11.2 Å². The minimum atomic E-state index is 0.213. The van der Waals surface area contributed by atoms with Gasteiger partial charge in [0.15, 0.2) is 0 Å². The van der Waals surface area contributed by atoms with Gasteiger partial charge in [-0.15, -0.1) is 10.2 Å². The molecule has 0 aliphatic heterocycles. The molecule has 3 rings (SSSR count). The number of aromatic nitrogens is 3. The van der Waals surface area contributed by atoms with E-state index >= 15 is 0 Å². The van der Waals surface area contributed by atoms with Crippen LogP contribution in [0.25, 0.3) is 0 Å². The summed E-state index contributed by atoms with van der Waals surface area (Å²) in [6.07, 6.45) is 4.47. The predicted molar refractivity (Wildman–Crippen MR) is 100 cm³/mol. The van der Waals surface area contributed by atoms with Gasteiger partial charge in [-0.2, -0.15) is 5.10 Å². The number of ether oxygens (including phenoxy) is 1. The number of halogens is 4. The second-order valence-corrected chi connectivity index (χ2v) is 6.60. The van der Waals surface area contributed by atoms with Crippen molar-refractivity contribution in [2.24, 2.45) is 5.10 Å². The lowest BCUT2D eigenvalue weighted by atomic mass is 10.2. The molecular formula is C16H10Cl4N4O. The molecule has 0 spiro atoms. The van der Waals surface area contributed by atoms with Gasteiger partial charge in [0.1, 0.15) is 25.0 Å². The summed E-state index contributed by atoms with van der Waals surface area (Å²) in [4.78, 5) is 0. The zero-order valence-corrected chi connectivity index (χ0v) is 15.6. The molecule has 0 bridgehead atoms. The third-order valence-corrected chi connectivity index (χ3v) is 4.25. The molecule has 0 saturated heterocycles. The number of hydrogen-bond acceptors (Lipinski definition) is 4. The lowest BCUT2D eigenvalue weighted by molar-refractivity contribution is 0.306. The van der Waals surface area contributed by atoms with Crippen molar-refractivity contribution >= 4 is 52.6 Å². The average molecular weight is 416 g/mol. The molecule has 0 saturated carbocycles. The second kappa shape index (κ2) is 8.06. The van der Waals surface area contributed by atoms with E-state index in [-0.39, 0.29) is 6.61 Å². The van der Waals surface area contributed by atoms with Crippen LogP contribution in [0.15, 0.2) is 48.1 Å². The van der Waals surface area contributed by atoms with Gasteiger partial charge in [0, 0.05) is 26.2 Å². The summed E-state index contributed by atoms with van der Waals surface area (Å²) in [5, 5.41) is 13.4. The first kappa shape index (κ1) is 18.0. The van der Waals surface area contributed by atoms with Crippen LogP contribution in [0, 0.1) is 0 Å². The van der Waals surface area contributed by atoms with Gasteiger partial charge in [-0.3, -0.25) is 0 Å². The minimum Gasteiger partial charge on any atom is -0.487 e. The van der Waals surface area contributed by atoms with Crippen LogP contribution in [0.2, 0.25) is 20.1 Å². The monoisotopic (exact) mass is 414 g/mol. The molecule has 25 heavy (non-hydrogen) atoms.